The molecule has 0 spiro atoms. The van der Waals surface area contributed by atoms with Gasteiger partial charge in [0.15, 0.2) is 5.96 Å². The lowest BCUT2D eigenvalue weighted by molar-refractivity contribution is 0.559. The van der Waals surface area contributed by atoms with Crippen LogP contribution in [0.5, 0.6) is 0 Å². The maximum absolute atomic E-state index is 14.2. The Bertz CT molecular complexity index is 954. The first-order chi connectivity index (χ1) is 13.3. The molecule has 0 saturated heterocycles. The van der Waals surface area contributed by atoms with E-state index < -0.39 is 10.0 Å². The Morgan fingerprint density at radius 3 is 2.39 bits per heavy atom. The highest BCUT2D eigenvalue weighted by Gasteiger charge is 2.45. The summed E-state index contributed by atoms with van der Waals surface area (Å²) in [6, 6.07) is 13.2. The standard InChI is InChI=1S/C20H25FN4O2S/c1-2-23-19(24-13-15-7-9-16(10-8-15)28(22,26)27)25-14-20(11-12-20)17-5-3-4-6-18(17)21/h3-10H,2,11-14H2,1H3,(H2,22,26,27)(H2,23,24,25). The third kappa shape index (κ3) is 4.88. The van der Waals surface area contributed by atoms with Crippen molar-refractivity contribution in [3.8, 4) is 0 Å². The Balaban J connectivity index is 1.66. The second-order valence-electron chi connectivity index (χ2n) is 7.00. The molecule has 6 nitrogen and oxygen atoms in total. The number of primary sulfonamides is 1. The van der Waals surface area contributed by atoms with E-state index in [9.17, 15) is 12.8 Å². The van der Waals surface area contributed by atoms with Crippen LogP contribution in [0.4, 0.5) is 4.39 Å². The van der Waals surface area contributed by atoms with E-state index in [0.717, 1.165) is 24.0 Å². The lowest BCUT2D eigenvalue weighted by Crippen LogP contribution is -2.41. The number of hydrogen-bond donors (Lipinski definition) is 3. The van der Waals surface area contributed by atoms with E-state index in [2.05, 4.69) is 15.6 Å². The molecule has 0 unspecified atom stereocenters. The van der Waals surface area contributed by atoms with Gasteiger partial charge in [-0.25, -0.2) is 22.9 Å². The minimum atomic E-state index is -3.70. The number of nitrogens with one attached hydrogen (secondary N) is 2. The molecule has 1 aliphatic rings. The van der Waals surface area contributed by atoms with Gasteiger partial charge in [0.05, 0.1) is 11.4 Å². The van der Waals surface area contributed by atoms with Crippen molar-refractivity contribution in [2.24, 2.45) is 10.1 Å². The van der Waals surface area contributed by atoms with Crippen LogP contribution in [0.1, 0.15) is 30.9 Å². The number of hydrogen-bond acceptors (Lipinski definition) is 3. The van der Waals surface area contributed by atoms with Gasteiger partial charge in [0, 0.05) is 18.5 Å². The number of nitrogens with zero attached hydrogens (tertiary/aromatic N) is 1. The van der Waals surface area contributed by atoms with Crippen molar-refractivity contribution in [3.63, 3.8) is 0 Å². The fourth-order valence-corrected chi connectivity index (χ4v) is 3.65. The highest BCUT2D eigenvalue weighted by atomic mass is 32.2. The monoisotopic (exact) mass is 404 g/mol. The Morgan fingerprint density at radius 1 is 1.14 bits per heavy atom. The highest BCUT2D eigenvalue weighted by Crippen LogP contribution is 2.48. The molecule has 1 fully saturated rings. The van der Waals surface area contributed by atoms with Gasteiger partial charge in [-0.3, -0.25) is 0 Å². The maximum Gasteiger partial charge on any atom is 0.238 e. The van der Waals surface area contributed by atoms with Gasteiger partial charge in [0.1, 0.15) is 5.82 Å². The van der Waals surface area contributed by atoms with E-state index in [-0.39, 0.29) is 16.1 Å². The zero-order valence-corrected chi connectivity index (χ0v) is 16.6. The van der Waals surface area contributed by atoms with Crippen LogP contribution < -0.4 is 15.8 Å². The van der Waals surface area contributed by atoms with Gasteiger partial charge in [-0.05, 0) is 49.1 Å². The topological polar surface area (TPSA) is 96.6 Å². The summed E-state index contributed by atoms with van der Waals surface area (Å²) in [5.41, 5.74) is 1.43. The summed E-state index contributed by atoms with van der Waals surface area (Å²) in [5.74, 6) is 0.472. The first-order valence-corrected chi connectivity index (χ1v) is 10.8. The Morgan fingerprint density at radius 2 is 1.82 bits per heavy atom. The van der Waals surface area contributed by atoms with Gasteiger partial charge in [-0.15, -0.1) is 0 Å². The number of rotatable bonds is 7. The molecule has 1 aliphatic carbocycles. The molecular formula is C20H25FN4O2S. The molecular weight excluding hydrogens is 379 g/mol. The average Bonchev–Trinajstić information content (AvgIpc) is 3.45. The molecule has 2 aromatic rings. The zero-order valence-electron chi connectivity index (χ0n) is 15.8. The van der Waals surface area contributed by atoms with E-state index in [4.69, 9.17) is 5.14 Å². The molecule has 1 saturated carbocycles. The average molecular weight is 405 g/mol. The zero-order chi connectivity index (χ0) is 20.2. The summed E-state index contributed by atoms with van der Waals surface area (Å²) in [6.07, 6.45) is 1.88. The fourth-order valence-electron chi connectivity index (χ4n) is 3.13. The van der Waals surface area contributed by atoms with Gasteiger partial charge in [0.2, 0.25) is 10.0 Å². The molecule has 150 valence electrons. The number of halogens is 1. The van der Waals surface area contributed by atoms with Crippen LogP contribution in [0, 0.1) is 5.82 Å². The molecule has 2 aromatic carbocycles. The molecule has 0 aromatic heterocycles. The van der Waals surface area contributed by atoms with Gasteiger partial charge in [-0.1, -0.05) is 30.3 Å². The molecule has 0 aliphatic heterocycles. The third-order valence-electron chi connectivity index (χ3n) is 4.91. The summed E-state index contributed by atoms with van der Waals surface area (Å²) < 4.78 is 36.8. The molecule has 0 heterocycles. The van der Waals surface area contributed by atoms with Crippen LogP contribution in [0.25, 0.3) is 0 Å². The van der Waals surface area contributed by atoms with E-state index >= 15 is 0 Å². The van der Waals surface area contributed by atoms with Crippen LogP contribution in [-0.4, -0.2) is 27.5 Å². The van der Waals surface area contributed by atoms with Gasteiger partial charge < -0.3 is 10.6 Å². The Kier molecular flexibility index (Phi) is 6.00. The molecule has 0 radical (unpaired) electrons. The smallest absolute Gasteiger partial charge is 0.238 e. The largest absolute Gasteiger partial charge is 0.357 e. The predicted molar refractivity (Wildman–Crippen MR) is 108 cm³/mol. The fraction of sp³-hybridized carbons (Fsp3) is 0.350. The second kappa shape index (κ2) is 8.28. The quantitative estimate of drug-likeness (QED) is 0.487. The van der Waals surface area contributed by atoms with E-state index in [0.29, 0.717) is 25.6 Å². The van der Waals surface area contributed by atoms with Crippen LogP contribution >= 0.6 is 0 Å². The normalized spacial score (nSPS) is 15.9. The molecule has 28 heavy (non-hydrogen) atoms. The van der Waals surface area contributed by atoms with Crippen molar-refractivity contribution in [3.05, 3.63) is 65.5 Å². The molecule has 3 rings (SSSR count). The van der Waals surface area contributed by atoms with Crippen molar-refractivity contribution in [2.45, 2.75) is 36.6 Å². The van der Waals surface area contributed by atoms with Crippen molar-refractivity contribution >= 4 is 16.0 Å². The minimum absolute atomic E-state index is 0.0748. The van der Waals surface area contributed by atoms with E-state index in [1.54, 1.807) is 18.2 Å². The number of nitrogens with two attached hydrogens (primary N) is 1. The number of sulfonamides is 1. The van der Waals surface area contributed by atoms with E-state index in [1.165, 1.54) is 18.2 Å². The summed E-state index contributed by atoms with van der Waals surface area (Å²) in [5, 5.41) is 11.6. The summed E-state index contributed by atoms with van der Waals surface area (Å²) in [6.45, 7) is 3.65. The Hall–Kier alpha value is -2.45. The molecule has 0 atom stereocenters. The molecule has 8 heteroatoms. The van der Waals surface area contributed by atoms with Crippen LogP contribution in [0.15, 0.2) is 58.4 Å². The first kappa shape index (κ1) is 20.3. The Labute approximate surface area is 165 Å². The summed E-state index contributed by atoms with van der Waals surface area (Å²) in [4.78, 5) is 4.62. The van der Waals surface area contributed by atoms with Crippen LogP contribution in [0.2, 0.25) is 0 Å². The van der Waals surface area contributed by atoms with Crippen molar-refractivity contribution in [1.29, 1.82) is 0 Å². The number of aliphatic imine (C=N–C) groups is 1. The predicted octanol–water partition coefficient (Wildman–Crippen LogP) is 2.26. The second-order valence-corrected chi connectivity index (χ2v) is 8.56. The van der Waals surface area contributed by atoms with Crippen molar-refractivity contribution < 1.29 is 12.8 Å². The molecule has 0 amide bonds. The van der Waals surface area contributed by atoms with Crippen molar-refractivity contribution in [2.75, 3.05) is 13.1 Å². The van der Waals surface area contributed by atoms with Gasteiger partial charge in [0.25, 0.3) is 0 Å². The maximum atomic E-state index is 14.2. The summed E-state index contributed by atoms with van der Waals surface area (Å²) >= 11 is 0. The van der Waals surface area contributed by atoms with Crippen LogP contribution in [-0.2, 0) is 22.0 Å². The van der Waals surface area contributed by atoms with Gasteiger partial charge >= 0.3 is 0 Å². The molecule has 4 N–H and O–H groups in total. The van der Waals surface area contributed by atoms with Crippen LogP contribution in [0.3, 0.4) is 0 Å². The van der Waals surface area contributed by atoms with E-state index in [1.807, 2.05) is 19.1 Å². The lowest BCUT2D eigenvalue weighted by atomic mass is 9.95. The number of benzene rings is 2. The number of guanidine groups is 1. The SMILES string of the molecule is CCNC(=NCc1ccc(S(N)(=O)=O)cc1)NCC1(c2ccccc2F)CC1. The first-order valence-electron chi connectivity index (χ1n) is 9.23. The van der Waals surface area contributed by atoms with Crippen molar-refractivity contribution in [1.82, 2.24) is 10.6 Å². The molecule has 0 bridgehead atoms. The lowest BCUT2D eigenvalue weighted by Gasteiger charge is -2.19. The highest BCUT2D eigenvalue weighted by molar-refractivity contribution is 7.89. The summed E-state index contributed by atoms with van der Waals surface area (Å²) in [7, 11) is -3.70. The van der Waals surface area contributed by atoms with Gasteiger partial charge in [-0.2, -0.15) is 0 Å². The minimum Gasteiger partial charge on any atom is -0.357 e. The third-order valence-corrected chi connectivity index (χ3v) is 5.84.